The number of aryl methyl sites for hydroxylation is 1. The fraction of sp³-hybridized carbons (Fsp3) is 0.176. The molecular formula is C17H15FN2O2. The summed E-state index contributed by atoms with van der Waals surface area (Å²) in [5.41, 5.74) is 3.25. The van der Waals surface area contributed by atoms with Crippen LogP contribution in [0.4, 0.5) is 4.39 Å². The van der Waals surface area contributed by atoms with Gasteiger partial charge in [-0.2, -0.15) is 0 Å². The summed E-state index contributed by atoms with van der Waals surface area (Å²) < 4.78 is 18.2. The zero-order chi connectivity index (χ0) is 15.5. The van der Waals surface area contributed by atoms with E-state index in [0.29, 0.717) is 12.4 Å². The van der Waals surface area contributed by atoms with Crippen molar-refractivity contribution in [2.45, 2.75) is 19.9 Å². The molecular weight excluding hydrogens is 283 g/mol. The number of carbonyl (C=O) groups is 1. The van der Waals surface area contributed by atoms with Crippen LogP contribution in [0.25, 0.3) is 11.1 Å². The summed E-state index contributed by atoms with van der Waals surface area (Å²) in [7, 11) is 0. The third-order valence-electron chi connectivity index (χ3n) is 3.33. The van der Waals surface area contributed by atoms with Crippen molar-refractivity contribution in [1.29, 1.82) is 0 Å². The van der Waals surface area contributed by atoms with Crippen molar-refractivity contribution in [1.82, 2.24) is 10.3 Å². The standard InChI is InChI=1S/C17H15FN2O2/c1-11-20-15-8-13(4-7-16(15)22-11)10-19-17(21)9-12-2-5-14(18)6-3-12/h2-8H,9-10H2,1H3,(H,19,21). The average molecular weight is 298 g/mol. The largest absolute Gasteiger partial charge is 0.441 e. The van der Waals surface area contributed by atoms with E-state index in [2.05, 4.69) is 10.3 Å². The molecule has 0 aliphatic rings. The Bertz CT molecular complexity index is 809. The van der Waals surface area contributed by atoms with Gasteiger partial charge in [0.15, 0.2) is 11.5 Å². The molecule has 2 aromatic carbocycles. The van der Waals surface area contributed by atoms with Crippen molar-refractivity contribution in [2.24, 2.45) is 0 Å². The van der Waals surface area contributed by atoms with Gasteiger partial charge in [-0.15, -0.1) is 0 Å². The first kappa shape index (κ1) is 14.3. The maximum absolute atomic E-state index is 12.8. The molecule has 5 heteroatoms. The third-order valence-corrected chi connectivity index (χ3v) is 3.33. The summed E-state index contributed by atoms with van der Waals surface area (Å²) in [6.45, 7) is 2.21. The molecule has 0 aliphatic heterocycles. The van der Waals surface area contributed by atoms with E-state index in [1.807, 2.05) is 18.2 Å². The van der Waals surface area contributed by atoms with Gasteiger partial charge in [0.2, 0.25) is 5.91 Å². The van der Waals surface area contributed by atoms with Crippen molar-refractivity contribution >= 4 is 17.0 Å². The molecule has 1 heterocycles. The van der Waals surface area contributed by atoms with Crippen LogP contribution in [-0.2, 0) is 17.8 Å². The molecule has 0 aliphatic carbocycles. The maximum Gasteiger partial charge on any atom is 0.224 e. The van der Waals surface area contributed by atoms with Crippen molar-refractivity contribution in [2.75, 3.05) is 0 Å². The molecule has 3 rings (SSSR count). The lowest BCUT2D eigenvalue weighted by Crippen LogP contribution is -2.24. The normalized spacial score (nSPS) is 10.8. The van der Waals surface area contributed by atoms with E-state index in [-0.39, 0.29) is 18.1 Å². The van der Waals surface area contributed by atoms with E-state index < -0.39 is 0 Å². The van der Waals surface area contributed by atoms with Gasteiger partial charge >= 0.3 is 0 Å². The second-order valence-electron chi connectivity index (χ2n) is 5.11. The molecule has 0 fully saturated rings. The molecule has 0 spiro atoms. The second-order valence-corrected chi connectivity index (χ2v) is 5.11. The number of halogens is 1. The molecule has 4 nitrogen and oxygen atoms in total. The zero-order valence-corrected chi connectivity index (χ0v) is 12.1. The van der Waals surface area contributed by atoms with Crippen LogP contribution >= 0.6 is 0 Å². The second kappa shape index (κ2) is 5.97. The van der Waals surface area contributed by atoms with E-state index >= 15 is 0 Å². The highest BCUT2D eigenvalue weighted by atomic mass is 19.1. The van der Waals surface area contributed by atoms with Gasteiger partial charge in [-0.3, -0.25) is 4.79 Å². The molecule has 1 N–H and O–H groups in total. The number of oxazole rings is 1. The molecule has 3 aromatic rings. The number of carbonyl (C=O) groups excluding carboxylic acids is 1. The molecule has 0 bridgehead atoms. The molecule has 1 aromatic heterocycles. The molecule has 0 saturated carbocycles. The predicted octanol–water partition coefficient (Wildman–Crippen LogP) is 3.13. The van der Waals surface area contributed by atoms with E-state index in [0.717, 1.165) is 22.2 Å². The Morgan fingerprint density at radius 2 is 1.91 bits per heavy atom. The molecule has 112 valence electrons. The SMILES string of the molecule is Cc1nc2cc(CNC(=O)Cc3ccc(F)cc3)ccc2o1. The molecule has 1 amide bonds. The lowest BCUT2D eigenvalue weighted by molar-refractivity contribution is -0.120. The maximum atomic E-state index is 12.8. The predicted molar refractivity (Wildman–Crippen MR) is 80.7 cm³/mol. The highest BCUT2D eigenvalue weighted by Crippen LogP contribution is 2.16. The quantitative estimate of drug-likeness (QED) is 0.805. The van der Waals surface area contributed by atoms with E-state index in [1.54, 1.807) is 19.1 Å². The van der Waals surface area contributed by atoms with Crippen LogP contribution in [0.1, 0.15) is 17.0 Å². The van der Waals surface area contributed by atoms with Crippen LogP contribution in [-0.4, -0.2) is 10.9 Å². The van der Waals surface area contributed by atoms with Crippen LogP contribution < -0.4 is 5.32 Å². The zero-order valence-electron chi connectivity index (χ0n) is 12.1. The first-order chi connectivity index (χ1) is 10.6. The number of rotatable bonds is 4. The van der Waals surface area contributed by atoms with Gasteiger partial charge in [0.25, 0.3) is 0 Å². The number of nitrogens with zero attached hydrogens (tertiary/aromatic N) is 1. The summed E-state index contributed by atoms with van der Waals surface area (Å²) in [4.78, 5) is 16.2. The minimum absolute atomic E-state index is 0.108. The van der Waals surface area contributed by atoms with Crippen molar-refractivity contribution in [3.05, 3.63) is 65.3 Å². The summed E-state index contributed by atoms with van der Waals surface area (Å²) in [6, 6.07) is 11.6. The number of amides is 1. The van der Waals surface area contributed by atoms with Crippen LogP contribution in [0.5, 0.6) is 0 Å². The first-order valence-corrected chi connectivity index (χ1v) is 6.97. The number of benzene rings is 2. The van der Waals surface area contributed by atoms with Gasteiger partial charge < -0.3 is 9.73 Å². The fourth-order valence-corrected chi connectivity index (χ4v) is 2.25. The van der Waals surface area contributed by atoms with Gasteiger partial charge in [0.05, 0.1) is 6.42 Å². The lowest BCUT2D eigenvalue weighted by Gasteiger charge is -2.05. The van der Waals surface area contributed by atoms with Gasteiger partial charge in [0.1, 0.15) is 11.3 Å². The number of aromatic nitrogens is 1. The van der Waals surface area contributed by atoms with Crippen molar-refractivity contribution < 1.29 is 13.6 Å². The van der Waals surface area contributed by atoms with Crippen molar-refractivity contribution in [3.8, 4) is 0 Å². The third kappa shape index (κ3) is 3.31. The Morgan fingerprint density at radius 1 is 1.18 bits per heavy atom. The van der Waals surface area contributed by atoms with Crippen molar-refractivity contribution in [3.63, 3.8) is 0 Å². The summed E-state index contributed by atoms with van der Waals surface area (Å²) in [6.07, 6.45) is 0.228. The monoisotopic (exact) mass is 298 g/mol. The molecule has 0 radical (unpaired) electrons. The van der Waals surface area contributed by atoms with Gasteiger partial charge in [-0.05, 0) is 35.4 Å². The summed E-state index contributed by atoms with van der Waals surface area (Å²) in [5, 5.41) is 2.84. The number of fused-ring (bicyclic) bond motifs is 1. The molecule has 0 unspecified atom stereocenters. The fourth-order valence-electron chi connectivity index (χ4n) is 2.25. The van der Waals surface area contributed by atoms with Gasteiger partial charge in [-0.25, -0.2) is 9.37 Å². The van der Waals surface area contributed by atoms with Crippen LogP contribution in [0.3, 0.4) is 0 Å². The molecule has 0 atom stereocenters. The molecule has 22 heavy (non-hydrogen) atoms. The van der Waals surface area contributed by atoms with Crippen LogP contribution in [0, 0.1) is 12.7 Å². The van der Waals surface area contributed by atoms with E-state index in [9.17, 15) is 9.18 Å². The summed E-state index contributed by atoms with van der Waals surface area (Å²) in [5.74, 6) is 0.205. The number of hydrogen-bond acceptors (Lipinski definition) is 3. The minimum Gasteiger partial charge on any atom is -0.441 e. The molecule has 0 saturated heterocycles. The summed E-state index contributed by atoms with van der Waals surface area (Å²) >= 11 is 0. The smallest absolute Gasteiger partial charge is 0.224 e. The average Bonchev–Trinajstić information content (AvgIpc) is 2.87. The minimum atomic E-state index is -0.305. The highest BCUT2D eigenvalue weighted by molar-refractivity contribution is 5.79. The Labute approximate surface area is 127 Å². The first-order valence-electron chi connectivity index (χ1n) is 6.97. The Hall–Kier alpha value is -2.69. The Balaban J connectivity index is 1.60. The van der Waals surface area contributed by atoms with E-state index in [4.69, 9.17) is 4.42 Å². The Morgan fingerprint density at radius 3 is 2.68 bits per heavy atom. The Kier molecular flexibility index (Phi) is 3.87. The number of hydrogen-bond donors (Lipinski definition) is 1. The van der Waals surface area contributed by atoms with Crippen LogP contribution in [0.2, 0.25) is 0 Å². The van der Waals surface area contributed by atoms with Gasteiger partial charge in [-0.1, -0.05) is 18.2 Å². The topological polar surface area (TPSA) is 55.1 Å². The lowest BCUT2D eigenvalue weighted by atomic mass is 10.1. The highest BCUT2D eigenvalue weighted by Gasteiger charge is 2.06. The van der Waals surface area contributed by atoms with E-state index in [1.165, 1.54) is 12.1 Å². The van der Waals surface area contributed by atoms with Gasteiger partial charge in [0, 0.05) is 13.5 Å². The number of nitrogens with one attached hydrogen (secondary N) is 1. The van der Waals surface area contributed by atoms with Crippen LogP contribution in [0.15, 0.2) is 46.9 Å².